The molecule has 0 atom stereocenters. The number of hydrogen-bond donors (Lipinski definition) is 2. The van der Waals surface area contributed by atoms with E-state index in [1.54, 1.807) is 42.5 Å². The molecule has 0 radical (unpaired) electrons. The van der Waals surface area contributed by atoms with Crippen LogP contribution in [0.1, 0.15) is 28.1 Å². The van der Waals surface area contributed by atoms with Gasteiger partial charge in [-0.3, -0.25) is 4.31 Å². The summed E-state index contributed by atoms with van der Waals surface area (Å²) in [6.45, 7) is 1.34. The second kappa shape index (κ2) is 12.2. The molecular formula is C25H21BrCl2N2O6S2. The summed E-state index contributed by atoms with van der Waals surface area (Å²) in [6.07, 6.45) is 1.95. The van der Waals surface area contributed by atoms with Gasteiger partial charge in [0.2, 0.25) is 10.0 Å². The van der Waals surface area contributed by atoms with Gasteiger partial charge in [0.05, 0.1) is 20.8 Å². The number of carboxylic acids is 1. The Balaban J connectivity index is 1.79. The average Bonchev–Trinajstić information content (AvgIpc) is 3.19. The van der Waals surface area contributed by atoms with Crippen molar-refractivity contribution in [1.82, 2.24) is 5.32 Å². The van der Waals surface area contributed by atoms with Crippen LogP contribution >= 0.6 is 50.5 Å². The van der Waals surface area contributed by atoms with Crippen LogP contribution in [-0.2, 0) is 20.6 Å². The number of nitrogens with zero attached hydrogens (tertiary/aromatic N) is 1. The Bertz CT molecular complexity index is 1500. The highest BCUT2D eigenvalue weighted by atomic mass is 79.9. The first kappa shape index (κ1) is 28.6. The predicted octanol–water partition coefficient (Wildman–Crippen LogP) is 6.00. The first-order valence-corrected chi connectivity index (χ1v) is 15.3. The number of anilines is 1. The third kappa shape index (κ3) is 6.43. The van der Waals surface area contributed by atoms with Crippen LogP contribution < -0.4 is 14.4 Å². The minimum absolute atomic E-state index is 0.0353. The normalized spacial score (nSPS) is 14.1. The summed E-state index contributed by atoms with van der Waals surface area (Å²) < 4.78 is 34.7. The number of aromatic carboxylic acids is 1. The highest BCUT2D eigenvalue weighted by Crippen LogP contribution is 2.46. The van der Waals surface area contributed by atoms with Crippen molar-refractivity contribution in [3.05, 3.63) is 73.7 Å². The second-order valence-corrected chi connectivity index (χ2v) is 13.0. The Kier molecular flexibility index (Phi) is 9.20. The first-order valence-electron chi connectivity index (χ1n) is 11.3. The van der Waals surface area contributed by atoms with Crippen molar-refractivity contribution in [1.29, 1.82) is 0 Å². The third-order valence-electron chi connectivity index (χ3n) is 5.80. The van der Waals surface area contributed by atoms with Gasteiger partial charge in [-0.15, -0.1) is 11.3 Å². The number of carbonyl (C=O) groups excluding carboxylic acids is 1. The van der Waals surface area contributed by atoms with Crippen molar-refractivity contribution in [3.63, 3.8) is 0 Å². The number of ether oxygens (including phenoxy) is 1. The summed E-state index contributed by atoms with van der Waals surface area (Å²) in [5.41, 5.74) is 1.48. The lowest BCUT2D eigenvalue weighted by atomic mass is 10.1. The summed E-state index contributed by atoms with van der Waals surface area (Å²) in [7, 11) is -3.89. The van der Waals surface area contributed by atoms with Gasteiger partial charge in [-0.25, -0.2) is 18.0 Å². The molecule has 2 heterocycles. The molecule has 1 aliphatic heterocycles. The summed E-state index contributed by atoms with van der Waals surface area (Å²) in [5.74, 6) is -0.107. The number of nitrogens with one attached hydrogen (secondary N) is 1. The molecule has 1 aliphatic rings. The Morgan fingerprint density at radius 2 is 1.89 bits per heavy atom. The van der Waals surface area contributed by atoms with E-state index in [1.807, 2.05) is 0 Å². The van der Waals surface area contributed by atoms with Crippen LogP contribution in [0.5, 0.6) is 5.75 Å². The summed E-state index contributed by atoms with van der Waals surface area (Å²) in [5, 5.41) is 13.6. The molecule has 1 fully saturated rings. The molecular weight excluding hydrogens is 639 g/mol. The highest BCUT2D eigenvalue weighted by molar-refractivity contribution is 9.10. The second-order valence-electron chi connectivity index (χ2n) is 8.42. The van der Waals surface area contributed by atoms with Gasteiger partial charge in [0.1, 0.15) is 0 Å². The monoisotopic (exact) mass is 658 g/mol. The molecule has 8 nitrogen and oxygen atoms in total. The van der Waals surface area contributed by atoms with E-state index < -0.39 is 16.0 Å². The molecule has 2 N–H and O–H groups in total. The van der Waals surface area contributed by atoms with Gasteiger partial charge in [0.25, 0.3) is 0 Å². The van der Waals surface area contributed by atoms with Gasteiger partial charge >= 0.3 is 5.97 Å². The maximum atomic E-state index is 13.9. The van der Waals surface area contributed by atoms with E-state index in [2.05, 4.69) is 21.2 Å². The number of rotatable bonds is 9. The fourth-order valence-corrected chi connectivity index (χ4v) is 8.56. The lowest BCUT2D eigenvalue weighted by Crippen LogP contribution is -2.46. The van der Waals surface area contributed by atoms with E-state index in [0.29, 0.717) is 62.1 Å². The summed E-state index contributed by atoms with van der Waals surface area (Å²) >= 11 is 16.6. The van der Waals surface area contributed by atoms with E-state index >= 15 is 0 Å². The van der Waals surface area contributed by atoms with Crippen molar-refractivity contribution in [2.75, 3.05) is 17.4 Å². The van der Waals surface area contributed by atoms with E-state index in [0.717, 1.165) is 17.6 Å². The number of carbonyl (C=O) groups is 1. The lowest BCUT2D eigenvalue weighted by molar-refractivity contribution is 0.0699. The van der Waals surface area contributed by atoms with Crippen LogP contribution in [0.3, 0.4) is 0 Å². The zero-order valence-corrected chi connectivity index (χ0v) is 24.3. The maximum absolute atomic E-state index is 13.9. The fourth-order valence-electron chi connectivity index (χ4n) is 4.31. The van der Waals surface area contributed by atoms with Crippen molar-refractivity contribution in [3.8, 4) is 16.2 Å². The number of benzene rings is 2. The van der Waals surface area contributed by atoms with Crippen LogP contribution in [0.4, 0.5) is 5.69 Å². The molecule has 1 aromatic heterocycles. The molecule has 38 heavy (non-hydrogen) atoms. The Hall–Kier alpha value is -2.37. The van der Waals surface area contributed by atoms with Gasteiger partial charge in [-0.1, -0.05) is 35.3 Å². The van der Waals surface area contributed by atoms with Crippen LogP contribution in [0.25, 0.3) is 10.4 Å². The van der Waals surface area contributed by atoms with Crippen LogP contribution in [0, 0.1) is 0 Å². The zero-order valence-electron chi connectivity index (χ0n) is 19.6. The maximum Gasteiger partial charge on any atom is 0.349 e. The minimum Gasteiger partial charge on any atom is -0.477 e. The van der Waals surface area contributed by atoms with E-state index in [9.17, 15) is 23.1 Å². The van der Waals surface area contributed by atoms with Crippen LogP contribution in [-0.4, -0.2) is 44.6 Å². The molecule has 200 valence electrons. The number of piperidine rings is 1. The van der Waals surface area contributed by atoms with Crippen molar-refractivity contribution >= 4 is 78.1 Å². The van der Waals surface area contributed by atoms with E-state index in [4.69, 9.17) is 27.9 Å². The van der Waals surface area contributed by atoms with Gasteiger partial charge in [-0.05, 0) is 83.3 Å². The molecule has 2 aromatic carbocycles. The van der Waals surface area contributed by atoms with Gasteiger partial charge < -0.3 is 15.2 Å². The summed E-state index contributed by atoms with van der Waals surface area (Å²) in [4.78, 5) is 22.8. The predicted molar refractivity (Wildman–Crippen MR) is 153 cm³/mol. The lowest BCUT2D eigenvalue weighted by Gasteiger charge is -2.35. The first-order chi connectivity index (χ1) is 18.1. The van der Waals surface area contributed by atoms with E-state index in [-0.39, 0.29) is 22.4 Å². The molecule has 0 amide bonds. The average molecular weight is 660 g/mol. The minimum atomic E-state index is -3.89. The Labute approximate surface area is 242 Å². The molecule has 0 aliphatic carbocycles. The topological polar surface area (TPSA) is 113 Å². The summed E-state index contributed by atoms with van der Waals surface area (Å²) in [6, 6.07) is 11.3. The van der Waals surface area contributed by atoms with Crippen LogP contribution in [0.2, 0.25) is 10.0 Å². The molecule has 0 saturated carbocycles. The Morgan fingerprint density at radius 1 is 1.21 bits per heavy atom. The standard InChI is InChI=1S/C25H21BrCl2N2O6S2/c26-21-22(36-9-8-31)24(25(32)33)37-23(21)16-2-1-3-20(12-16)30(19-4-6-29-7-5-19)38(34,35)14-15-10-17(27)13-18(28)11-15/h1-3,9-13,19,29H,4-7,14H2,(H,32,33). The molecule has 3 aromatic rings. The number of hydrogen-bond acceptors (Lipinski definition) is 7. The molecule has 0 spiro atoms. The van der Waals surface area contributed by atoms with E-state index in [1.165, 1.54) is 10.2 Å². The molecule has 0 unspecified atom stereocenters. The highest BCUT2D eigenvalue weighted by Gasteiger charge is 2.32. The Morgan fingerprint density at radius 3 is 2.53 bits per heavy atom. The van der Waals surface area contributed by atoms with Crippen molar-refractivity contribution in [2.45, 2.75) is 24.6 Å². The molecule has 13 heteroatoms. The number of carboxylic acid groups (broad SMARTS) is 1. The number of halogens is 3. The number of thiophene rings is 1. The van der Waals surface area contributed by atoms with Crippen molar-refractivity contribution < 1.29 is 27.9 Å². The SMILES string of the molecule is O=C=COc1c(C(=O)O)sc(-c2cccc(N(C3CCNCC3)S(=O)(=O)Cc3cc(Cl)cc(Cl)c3)c2)c1Br. The van der Waals surface area contributed by atoms with Crippen molar-refractivity contribution in [2.24, 2.45) is 0 Å². The molecule has 1 saturated heterocycles. The molecule has 4 rings (SSSR count). The van der Waals surface area contributed by atoms with Gasteiger partial charge in [0, 0.05) is 16.1 Å². The fraction of sp³-hybridized carbons (Fsp3) is 0.240. The van der Waals surface area contributed by atoms with Gasteiger partial charge in [0.15, 0.2) is 22.8 Å². The quantitative estimate of drug-likeness (QED) is 0.214. The molecule has 0 bridgehead atoms. The van der Waals surface area contributed by atoms with Crippen LogP contribution in [0.15, 0.2) is 53.2 Å². The largest absolute Gasteiger partial charge is 0.477 e. The number of sulfonamides is 1. The third-order valence-corrected chi connectivity index (χ3v) is 10.3. The zero-order chi connectivity index (χ0) is 27.4. The smallest absolute Gasteiger partial charge is 0.349 e. The van der Waals surface area contributed by atoms with Gasteiger partial charge in [-0.2, -0.15) is 0 Å².